The Morgan fingerprint density at radius 1 is 1.21 bits per heavy atom. The fourth-order valence-electron chi connectivity index (χ4n) is 3.17. The fraction of sp³-hybridized carbons (Fsp3) is 0.273. The summed E-state index contributed by atoms with van der Waals surface area (Å²) in [5.74, 6) is 0.936. The second-order valence-corrected chi connectivity index (χ2v) is 7.44. The quantitative estimate of drug-likeness (QED) is 0.545. The van der Waals surface area contributed by atoms with Crippen molar-refractivity contribution in [3.05, 3.63) is 77.0 Å². The first-order chi connectivity index (χ1) is 13.6. The molecule has 0 N–H and O–H groups in total. The van der Waals surface area contributed by atoms with E-state index in [0.717, 1.165) is 24.0 Å². The van der Waals surface area contributed by atoms with E-state index in [-0.39, 0.29) is 17.8 Å². The molecule has 0 bridgehead atoms. The smallest absolute Gasteiger partial charge is 0.223 e. The average Bonchev–Trinajstić information content (AvgIpc) is 3.42. The van der Waals surface area contributed by atoms with Gasteiger partial charge in [0.2, 0.25) is 5.91 Å². The Bertz CT molecular complexity index is 967. The summed E-state index contributed by atoms with van der Waals surface area (Å²) in [6.07, 6.45) is 4.40. The molecule has 0 radical (unpaired) electrons. The van der Waals surface area contributed by atoms with Crippen molar-refractivity contribution in [3.63, 3.8) is 0 Å². The monoisotopic (exact) mass is 398 g/mol. The number of benzene rings is 2. The largest absolute Gasteiger partial charge is 0.441 e. The normalized spacial score (nSPS) is 13.5. The molecule has 4 rings (SSSR count). The first-order valence-electron chi connectivity index (χ1n) is 9.33. The van der Waals surface area contributed by atoms with Crippen LogP contribution < -0.4 is 0 Å². The van der Waals surface area contributed by atoms with Gasteiger partial charge in [-0.05, 0) is 54.8 Å². The van der Waals surface area contributed by atoms with Gasteiger partial charge in [-0.2, -0.15) is 0 Å². The molecule has 0 saturated heterocycles. The van der Waals surface area contributed by atoms with Crippen LogP contribution in [0.25, 0.3) is 11.3 Å². The maximum absolute atomic E-state index is 13.4. The lowest BCUT2D eigenvalue weighted by molar-refractivity contribution is -0.132. The summed E-state index contributed by atoms with van der Waals surface area (Å²) in [5.41, 5.74) is 1.70. The molecule has 3 aromatic rings. The van der Waals surface area contributed by atoms with E-state index in [1.807, 2.05) is 23.1 Å². The molecule has 2 aromatic carbocycles. The van der Waals surface area contributed by atoms with Gasteiger partial charge in [0.15, 0.2) is 11.7 Å². The van der Waals surface area contributed by atoms with Crippen LogP contribution >= 0.6 is 11.6 Å². The minimum Gasteiger partial charge on any atom is -0.441 e. The summed E-state index contributed by atoms with van der Waals surface area (Å²) in [5, 5.41) is 0.660. The summed E-state index contributed by atoms with van der Waals surface area (Å²) in [7, 11) is 0. The fourth-order valence-corrected chi connectivity index (χ4v) is 3.30. The zero-order valence-electron chi connectivity index (χ0n) is 15.3. The Hall–Kier alpha value is -2.66. The second kappa shape index (κ2) is 8.15. The van der Waals surface area contributed by atoms with Crippen LogP contribution in [-0.2, 0) is 17.8 Å². The predicted molar refractivity (Wildman–Crippen MR) is 105 cm³/mol. The van der Waals surface area contributed by atoms with E-state index in [1.54, 1.807) is 24.4 Å². The number of rotatable bonds is 7. The summed E-state index contributed by atoms with van der Waals surface area (Å²) in [4.78, 5) is 18.9. The van der Waals surface area contributed by atoms with E-state index in [1.165, 1.54) is 12.1 Å². The van der Waals surface area contributed by atoms with Gasteiger partial charge in [0.1, 0.15) is 5.82 Å². The zero-order valence-corrected chi connectivity index (χ0v) is 16.0. The van der Waals surface area contributed by atoms with Crippen molar-refractivity contribution >= 4 is 17.5 Å². The Morgan fingerprint density at radius 3 is 2.71 bits per heavy atom. The van der Waals surface area contributed by atoms with Gasteiger partial charge >= 0.3 is 0 Å². The molecule has 1 aromatic heterocycles. The number of aryl methyl sites for hydroxylation is 1. The van der Waals surface area contributed by atoms with Gasteiger partial charge in [0.05, 0.1) is 6.20 Å². The summed E-state index contributed by atoms with van der Waals surface area (Å²) >= 11 is 5.91. The highest BCUT2D eigenvalue weighted by atomic mass is 35.5. The highest BCUT2D eigenvalue weighted by Crippen LogP contribution is 2.29. The van der Waals surface area contributed by atoms with Gasteiger partial charge in [-0.3, -0.25) is 4.79 Å². The number of amides is 1. The number of hydrogen-bond donors (Lipinski definition) is 0. The summed E-state index contributed by atoms with van der Waals surface area (Å²) < 4.78 is 19.2. The third kappa shape index (κ3) is 4.60. The molecule has 144 valence electrons. The van der Waals surface area contributed by atoms with Crippen LogP contribution in [0, 0.1) is 5.82 Å². The molecule has 1 saturated carbocycles. The van der Waals surface area contributed by atoms with Crippen LogP contribution in [0.2, 0.25) is 5.02 Å². The number of carbonyl (C=O) groups excluding carboxylic acids is 1. The Balaban J connectivity index is 1.38. The highest BCUT2D eigenvalue weighted by molar-refractivity contribution is 6.30. The van der Waals surface area contributed by atoms with Crippen LogP contribution in [0.15, 0.2) is 59.1 Å². The van der Waals surface area contributed by atoms with E-state index in [9.17, 15) is 9.18 Å². The van der Waals surface area contributed by atoms with Crippen LogP contribution in [0.1, 0.15) is 30.7 Å². The molecule has 1 amide bonds. The lowest BCUT2D eigenvalue weighted by Crippen LogP contribution is -2.32. The highest BCUT2D eigenvalue weighted by Gasteiger charge is 2.32. The molecule has 0 unspecified atom stereocenters. The van der Waals surface area contributed by atoms with Gasteiger partial charge < -0.3 is 9.32 Å². The zero-order chi connectivity index (χ0) is 19.5. The molecule has 0 atom stereocenters. The number of hydrogen-bond acceptors (Lipinski definition) is 3. The SMILES string of the molecule is O=C(CCc1ncc(-c2ccc(Cl)cc2)o1)N(Cc1cccc(F)c1)C1CC1. The lowest BCUT2D eigenvalue weighted by atomic mass is 10.2. The standard InChI is InChI=1S/C22H20ClFN2O2/c23-17-6-4-16(5-7-17)20-13-25-21(28-20)10-11-22(27)26(19-8-9-19)14-15-2-1-3-18(24)12-15/h1-7,12-13,19H,8-11,14H2. The van der Waals surface area contributed by atoms with Gasteiger partial charge in [-0.1, -0.05) is 23.7 Å². The van der Waals surface area contributed by atoms with Crippen LogP contribution in [0.4, 0.5) is 4.39 Å². The van der Waals surface area contributed by atoms with E-state index in [2.05, 4.69) is 4.98 Å². The molecular formula is C22H20ClFN2O2. The first kappa shape index (κ1) is 18.7. The molecule has 0 aliphatic heterocycles. The van der Waals surface area contributed by atoms with Gasteiger partial charge in [0.25, 0.3) is 0 Å². The molecule has 1 aliphatic rings. The molecule has 1 fully saturated rings. The maximum atomic E-state index is 13.4. The van der Waals surface area contributed by atoms with Gasteiger partial charge in [-0.25, -0.2) is 9.37 Å². The van der Waals surface area contributed by atoms with Gasteiger partial charge in [0, 0.05) is 36.0 Å². The van der Waals surface area contributed by atoms with E-state index >= 15 is 0 Å². The summed E-state index contributed by atoms with van der Waals surface area (Å²) in [6, 6.07) is 14.0. The number of halogens is 2. The minimum atomic E-state index is -0.282. The van der Waals surface area contributed by atoms with Crippen molar-refractivity contribution in [2.45, 2.75) is 38.3 Å². The summed E-state index contributed by atoms with van der Waals surface area (Å²) in [6.45, 7) is 0.433. The van der Waals surface area contributed by atoms with Crippen LogP contribution in [0.3, 0.4) is 0 Å². The number of carbonyl (C=O) groups is 1. The van der Waals surface area contributed by atoms with Crippen LogP contribution in [-0.4, -0.2) is 21.8 Å². The molecule has 1 heterocycles. The van der Waals surface area contributed by atoms with Gasteiger partial charge in [-0.15, -0.1) is 0 Å². The molecular weight excluding hydrogens is 379 g/mol. The third-order valence-corrected chi connectivity index (χ3v) is 5.04. The van der Waals surface area contributed by atoms with Crippen molar-refractivity contribution in [2.24, 2.45) is 0 Å². The van der Waals surface area contributed by atoms with Crippen molar-refractivity contribution in [2.75, 3.05) is 0 Å². The Morgan fingerprint density at radius 2 is 2.00 bits per heavy atom. The van der Waals surface area contributed by atoms with E-state index < -0.39 is 0 Å². The van der Waals surface area contributed by atoms with Crippen molar-refractivity contribution in [1.29, 1.82) is 0 Å². The minimum absolute atomic E-state index is 0.0398. The Kier molecular flexibility index (Phi) is 5.44. The molecule has 1 aliphatic carbocycles. The average molecular weight is 399 g/mol. The number of aromatic nitrogens is 1. The van der Waals surface area contributed by atoms with Crippen molar-refractivity contribution in [3.8, 4) is 11.3 Å². The molecule has 6 heteroatoms. The topological polar surface area (TPSA) is 46.3 Å². The third-order valence-electron chi connectivity index (χ3n) is 4.78. The second-order valence-electron chi connectivity index (χ2n) is 7.01. The van der Waals surface area contributed by atoms with Crippen molar-refractivity contribution in [1.82, 2.24) is 9.88 Å². The molecule has 4 nitrogen and oxygen atoms in total. The van der Waals surface area contributed by atoms with E-state index in [0.29, 0.717) is 36.1 Å². The molecule has 0 spiro atoms. The van der Waals surface area contributed by atoms with E-state index in [4.69, 9.17) is 16.0 Å². The first-order valence-corrected chi connectivity index (χ1v) is 9.71. The lowest BCUT2D eigenvalue weighted by Gasteiger charge is -2.22. The van der Waals surface area contributed by atoms with Crippen molar-refractivity contribution < 1.29 is 13.6 Å². The Labute approximate surface area is 167 Å². The number of oxazole rings is 1. The predicted octanol–water partition coefficient (Wildman–Crippen LogP) is 5.26. The maximum Gasteiger partial charge on any atom is 0.223 e. The number of nitrogens with zero attached hydrogens (tertiary/aromatic N) is 2. The molecule has 28 heavy (non-hydrogen) atoms. The van der Waals surface area contributed by atoms with Crippen LogP contribution in [0.5, 0.6) is 0 Å².